The first-order chi connectivity index (χ1) is 32.5. The second kappa shape index (κ2) is 17.4. The first-order valence-electron chi connectivity index (χ1n) is 25.4. The predicted molar refractivity (Wildman–Crippen MR) is 272 cm³/mol. The fraction of sp³-hybridized carbons (Fsp3) is 0.300. The Morgan fingerprint density at radius 1 is 0.625 bits per heavy atom. The van der Waals surface area contributed by atoms with Crippen LogP contribution < -0.4 is 0 Å². The molecule has 2 heterocycles. The van der Waals surface area contributed by atoms with Crippen molar-refractivity contribution in [2.24, 2.45) is 0 Å². The van der Waals surface area contributed by atoms with E-state index in [9.17, 15) is 6.48 Å². The summed E-state index contributed by atoms with van der Waals surface area (Å²) in [6.07, 6.45) is 1.84. The molecule has 326 valence electrons. The molecule has 0 amide bonds. The van der Waals surface area contributed by atoms with Crippen LogP contribution in [0.25, 0.3) is 72.7 Å². The van der Waals surface area contributed by atoms with Gasteiger partial charge in [0.15, 0.2) is 0 Å². The summed E-state index contributed by atoms with van der Waals surface area (Å²) in [5.41, 5.74) is 13.7. The molecule has 6 aromatic carbocycles. The molecule has 8 aromatic rings. The monoisotopic (exact) mass is 850 g/mol. The topological polar surface area (TPSA) is 50.9 Å². The van der Waals surface area contributed by atoms with E-state index in [0.717, 1.165) is 55.8 Å². The third-order valence-electron chi connectivity index (χ3n) is 12.5. The summed E-state index contributed by atoms with van der Waals surface area (Å²) in [5.74, 6) is -3.18. The number of phenols is 1. The lowest BCUT2D eigenvalue weighted by Gasteiger charge is -2.22. The van der Waals surface area contributed by atoms with Crippen molar-refractivity contribution >= 4 is 11.0 Å². The van der Waals surface area contributed by atoms with Crippen LogP contribution in [0.15, 0.2) is 128 Å². The van der Waals surface area contributed by atoms with Crippen LogP contribution in [0, 0.1) is 13.8 Å². The van der Waals surface area contributed by atoms with Crippen molar-refractivity contribution in [3.05, 3.63) is 166 Å². The van der Waals surface area contributed by atoms with E-state index in [-0.39, 0.29) is 34.0 Å². The molecule has 0 saturated carbocycles. The van der Waals surface area contributed by atoms with E-state index in [1.165, 1.54) is 5.56 Å². The van der Waals surface area contributed by atoms with Crippen molar-refractivity contribution in [3.63, 3.8) is 0 Å². The summed E-state index contributed by atoms with van der Waals surface area (Å²) >= 11 is 0. The Morgan fingerprint density at radius 2 is 1.31 bits per heavy atom. The molecule has 2 aromatic heterocycles. The highest BCUT2D eigenvalue weighted by molar-refractivity contribution is 5.97. The zero-order valence-corrected chi connectivity index (χ0v) is 39.5. The zero-order chi connectivity index (χ0) is 51.0. The number of aromatic nitrogens is 3. The number of pyridine rings is 1. The van der Waals surface area contributed by atoms with E-state index in [0.29, 0.717) is 33.4 Å². The van der Waals surface area contributed by atoms with Gasteiger partial charge in [0.25, 0.3) is 0 Å². The quantitative estimate of drug-likeness (QED) is 0.149. The van der Waals surface area contributed by atoms with E-state index >= 15 is 0 Å². The van der Waals surface area contributed by atoms with Crippen molar-refractivity contribution < 1.29 is 13.3 Å². The maximum atomic E-state index is 12.4. The lowest BCUT2D eigenvalue weighted by molar-refractivity contribution is 0.466. The minimum Gasteiger partial charge on any atom is -0.507 e. The van der Waals surface area contributed by atoms with Gasteiger partial charge in [-0.3, -0.25) is 9.55 Å². The lowest BCUT2D eigenvalue weighted by Crippen LogP contribution is -2.11. The third kappa shape index (κ3) is 8.43. The molecule has 0 spiro atoms. The Morgan fingerprint density at radius 3 is 1.98 bits per heavy atom. The van der Waals surface area contributed by atoms with Crippen molar-refractivity contribution in [2.75, 3.05) is 0 Å². The number of para-hydroxylation sites is 1. The second-order valence-corrected chi connectivity index (χ2v) is 19.4. The van der Waals surface area contributed by atoms with Crippen LogP contribution in [-0.2, 0) is 5.41 Å². The number of imidazole rings is 1. The van der Waals surface area contributed by atoms with Gasteiger partial charge in [-0.1, -0.05) is 155 Å². The molecule has 4 nitrogen and oxygen atoms in total. The molecule has 0 aliphatic heterocycles. The molecule has 1 N–H and O–H groups in total. The molecule has 0 radical (unpaired) electrons. The molecule has 0 bridgehead atoms. The van der Waals surface area contributed by atoms with Gasteiger partial charge in [0, 0.05) is 25.5 Å². The number of hydrogen-bond acceptors (Lipinski definition) is 3. The van der Waals surface area contributed by atoms with Crippen molar-refractivity contribution in [3.8, 4) is 67.5 Å². The highest BCUT2D eigenvalue weighted by Crippen LogP contribution is 2.45. The van der Waals surface area contributed by atoms with Gasteiger partial charge in [0.05, 0.1) is 28.0 Å². The largest absolute Gasteiger partial charge is 0.507 e. The molecule has 4 heteroatoms. The van der Waals surface area contributed by atoms with Crippen LogP contribution in [-0.4, -0.2) is 19.6 Å². The molecule has 0 atom stereocenters. The highest BCUT2D eigenvalue weighted by Gasteiger charge is 2.26. The molecule has 0 fully saturated rings. The predicted octanol–water partition coefficient (Wildman–Crippen LogP) is 16.9. The third-order valence-corrected chi connectivity index (χ3v) is 12.5. The molecular formula is C60H65N3O. The minimum absolute atomic E-state index is 0.0670. The van der Waals surface area contributed by atoms with Gasteiger partial charge in [0.2, 0.25) is 0 Å². The Labute approximate surface area is 390 Å². The van der Waals surface area contributed by atoms with Crippen LogP contribution in [0.5, 0.6) is 5.75 Å². The summed E-state index contributed by atoms with van der Waals surface area (Å²) in [5, 5.41) is 12.4. The van der Waals surface area contributed by atoms with Gasteiger partial charge in [-0.2, -0.15) is 0 Å². The second-order valence-electron chi connectivity index (χ2n) is 19.4. The van der Waals surface area contributed by atoms with Crippen LogP contribution in [0.2, 0.25) is 0 Å². The van der Waals surface area contributed by atoms with Gasteiger partial charge < -0.3 is 5.11 Å². The van der Waals surface area contributed by atoms with Gasteiger partial charge in [-0.15, -0.1) is 0 Å². The fourth-order valence-corrected chi connectivity index (χ4v) is 8.79. The summed E-state index contributed by atoms with van der Waals surface area (Å²) in [7, 11) is 0. The van der Waals surface area contributed by atoms with E-state index in [1.54, 1.807) is 45.9 Å². The maximum absolute atomic E-state index is 12.4. The number of aromatic hydroxyl groups is 1. The number of aryl methyl sites for hydroxylation is 2. The molecule has 64 heavy (non-hydrogen) atoms. The molecule has 0 unspecified atom stereocenters. The van der Waals surface area contributed by atoms with Crippen LogP contribution in [0.1, 0.15) is 147 Å². The lowest BCUT2D eigenvalue weighted by atomic mass is 9.83. The number of nitrogens with zero attached hydrogens (tertiary/aromatic N) is 3. The molecule has 0 aliphatic rings. The minimum atomic E-state index is -2.63. The van der Waals surface area contributed by atoms with Crippen molar-refractivity contribution in [1.29, 1.82) is 0 Å². The molecular weight excluding hydrogens is 779 g/mol. The van der Waals surface area contributed by atoms with Crippen LogP contribution in [0.3, 0.4) is 0 Å². The fourth-order valence-electron chi connectivity index (χ4n) is 8.79. The normalized spacial score (nSPS) is 14.2. The maximum Gasteiger partial charge on any atom is 0.149 e. The first-order valence-corrected chi connectivity index (χ1v) is 22.4. The number of fused-ring (bicyclic) bond motifs is 1. The number of phenolic OH excluding ortho intramolecular Hbond substituents is 1. The van der Waals surface area contributed by atoms with Gasteiger partial charge in [0.1, 0.15) is 11.6 Å². The average Bonchev–Trinajstić information content (AvgIpc) is 3.66. The average molecular weight is 850 g/mol. The Balaban J connectivity index is 1.47. The van der Waals surface area contributed by atoms with E-state index < -0.39 is 24.5 Å². The summed E-state index contributed by atoms with van der Waals surface area (Å²) < 4.78 is 56.8. The standard InChI is InChI=1S/C60H65N3O/c1-35(2)44-32-51(38(7)8)58(64)52(33-44)59-62-57-50(45-29-46(31-47(30-45)60(11,12)13)53-34-42(26-27-61-53)41-22-20-39(9)21-23-41)18-15-19-55(57)63(59)54-25-24-43(28-40(54)10)56-48(36(3)4)16-14-17-49(56)37(5)6/h14-38,64H,1-13H3/i10D3,35D,36D,38D. The SMILES string of the molecule is [2H]C([2H])([2H])c1cc(-c2c(C(C)C)cccc2C([2H])(C)C)ccc1-n1c(-c2cc(C([2H])(C)C)cc(C([2H])(C)C)c2O)nc2c(-c3cc(-c4cc(-c5ccc(C)cc5)ccn4)cc(C(C)(C)C)c3)cccc21. The summed E-state index contributed by atoms with van der Waals surface area (Å²) in [6, 6.07) is 39.9. The van der Waals surface area contributed by atoms with E-state index in [1.807, 2.05) is 79.2 Å². The Kier molecular flexibility index (Phi) is 10.1. The number of hydrogen-bond donors (Lipinski definition) is 1. The molecule has 0 aliphatic carbocycles. The van der Waals surface area contributed by atoms with Crippen molar-refractivity contribution in [2.45, 2.75) is 119 Å². The van der Waals surface area contributed by atoms with Gasteiger partial charge in [-0.05, 0) is 153 Å². The smallest absolute Gasteiger partial charge is 0.149 e. The zero-order valence-electron chi connectivity index (χ0n) is 45.5. The highest BCUT2D eigenvalue weighted by atomic mass is 16.3. The van der Waals surface area contributed by atoms with E-state index in [2.05, 4.69) is 90.1 Å². The Hall–Kier alpha value is -6.26. The van der Waals surface area contributed by atoms with Crippen LogP contribution in [0.4, 0.5) is 0 Å². The first kappa shape index (κ1) is 37.1. The van der Waals surface area contributed by atoms with Gasteiger partial charge >= 0.3 is 0 Å². The number of benzene rings is 6. The summed E-state index contributed by atoms with van der Waals surface area (Å²) in [6.45, 7) is 20.8. The molecule has 8 rings (SSSR count). The van der Waals surface area contributed by atoms with E-state index in [4.69, 9.17) is 16.8 Å². The molecule has 0 saturated heterocycles. The summed E-state index contributed by atoms with van der Waals surface area (Å²) in [4.78, 5) is 10.3. The van der Waals surface area contributed by atoms with Crippen LogP contribution >= 0.6 is 0 Å². The van der Waals surface area contributed by atoms with Gasteiger partial charge in [-0.25, -0.2) is 4.98 Å². The van der Waals surface area contributed by atoms with Crippen molar-refractivity contribution in [1.82, 2.24) is 14.5 Å². The Bertz CT molecular complexity index is 3280. The number of rotatable bonds is 10.